The summed E-state index contributed by atoms with van der Waals surface area (Å²) in [5.41, 5.74) is 5.36. The molecule has 1 rings (SSSR count). The molecule has 3 N–H and O–H groups in total. The largest absolute Gasteiger partial charge is 0.351 e. The third-order valence-corrected chi connectivity index (χ3v) is 1.05. The van der Waals surface area contributed by atoms with Gasteiger partial charge < -0.3 is 11.1 Å². The van der Waals surface area contributed by atoms with E-state index in [1.807, 2.05) is 0 Å². The minimum absolute atomic E-state index is 0.503. The molecule has 0 bridgehead atoms. The highest BCUT2D eigenvalue weighted by molar-refractivity contribution is 5.87. The van der Waals surface area contributed by atoms with Crippen molar-refractivity contribution in [1.82, 2.24) is 9.97 Å². The highest BCUT2D eigenvalue weighted by Gasteiger charge is 1.94. The number of nitrogens with one attached hydrogen (secondary N) is 1. The van der Waals surface area contributed by atoms with Crippen molar-refractivity contribution < 1.29 is 4.79 Å². The first-order chi connectivity index (χ1) is 5.18. The SMILES string of the molecule is Cc1ncc(NC(N)=O)cn1. The van der Waals surface area contributed by atoms with Crippen molar-refractivity contribution in [3.63, 3.8) is 0 Å². The van der Waals surface area contributed by atoms with Gasteiger partial charge in [-0.25, -0.2) is 14.8 Å². The molecule has 0 saturated heterocycles. The van der Waals surface area contributed by atoms with Crippen LogP contribution in [0.2, 0.25) is 0 Å². The molecule has 0 radical (unpaired) electrons. The Kier molecular flexibility index (Phi) is 2.00. The Bertz CT molecular complexity index is 256. The smallest absolute Gasteiger partial charge is 0.316 e. The molecule has 1 aromatic rings. The number of hydrogen-bond donors (Lipinski definition) is 2. The van der Waals surface area contributed by atoms with Crippen molar-refractivity contribution in [3.05, 3.63) is 18.2 Å². The van der Waals surface area contributed by atoms with Gasteiger partial charge in [0, 0.05) is 0 Å². The Balaban J connectivity index is 2.74. The van der Waals surface area contributed by atoms with E-state index in [0.717, 1.165) is 0 Å². The normalized spacial score (nSPS) is 9.18. The van der Waals surface area contributed by atoms with Crippen molar-refractivity contribution in [3.8, 4) is 0 Å². The summed E-state index contributed by atoms with van der Waals surface area (Å²) in [7, 11) is 0. The van der Waals surface area contributed by atoms with E-state index in [2.05, 4.69) is 15.3 Å². The molecular weight excluding hydrogens is 144 g/mol. The van der Waals surface area contributed by atoms with Gasteiger partial charge in [0.15, 0.2) is 0 Å². The lowest BCUT2D eigenvalue weighted by Crippen LogP contribution is -2.19. The maximum Gasteiger partial charge on any atom is 0.316 e. The standard InChI is InChI=1S/C6H8N4O/c1-4-8-2-5(3-9-4)10-6(7)11/h2-3H,1H3,(H3,7,10,11). The number of nitrogens with zero attached hydrogens (tertiary/aromatic N) is 2. The fourth-order valence-electron chi connectivity index (χ4n) is 0.599. The second kappa shape index (κ2) is 2.96. The molecule has 58 valence electrons. The minimum Gasteiger partial charge on any atom is -0.351 e. The summed E-state index contributed by atoms with van der Waals surface area (Å²) in [6.07, 6.45) is 2.99. The molecule has 0 spiro atoms. The number of aryl methyl sites for hydroxylation is 1. The fourth-order valence-corrected chi connectivity index (χ4v) is 0.599. The van der Waals surface area contributed by atoms with Crippen molar-refractivity contribution in [2.45, 2.75) is 6.92 Å². The van der Waals surface area contributed by atoms with Gasteiger partial charge in [-0.15, -0.1) is 0 Å². The number of primary amides is 1. The zero-order valence-corrected chi connectivity index (χ0v) is 6.03. The van der Waals surface area contributed by atoms with E-state index in [1.165, 1.54) is 12.4 Å². The van der Waals surface area contributed by atoms with Crippen molar-refractivity contribution in [2.75, 3.05) is 5.32 Å². The summed E-state index contributed by atoms with van der Waals surface area (Å²) in [6.45, 7) is 1.76. The Labute approximate surface area is 63.7 Å². The molecule has 2 amide bonds. The Hall–Kier alpha value is -1.65. The molecule has 5 heteroatoms. The molecule has 0 atom stereocenters. The average Bonchev–Trinajstić information content (AvgIpc) is 1.93. The molecule has 0 fully saturated rings. The highest BCUT2D eigenvalue weighted by atomic mass is 16.2. The van der Waals surface area contributed by atoms with E-state index in [1.54, 1.807) is 6.92 Å². The van der Waals surface area contributed by atoms with Gasteiger partial charge in [0.1, 0.15) is 5.82 Å². The number of amides is 2. The van der Waals surface area contributed by atoms with Gasteiger partial charge in [-0.2, -0.15) is 0 Å². The van der Waals surface area contributed by atoms with Crippen LogP contribution in [0.4, 0.5) is 10.5 Å². The highest BCUT2D eigenvalue weighted by Crippen LogP contribution is 2.00. The number of aromatic nitrogens is 2. The summed E-state index contributed by atoms with van der Waals surface area (Å²) >= 11 is 0. The molecule has 0 saturated carbocycles. The lowest BCUT2D eigenvalue weighted by Gasteiger charge is -1.98. The molecule has 1 aromatic heterocycles. The molecule has 0 aromatic carbocycles. The van der Waals surface area contributed by atoms with E-state index >= 15 is 0 Å². The zero-order chi connectivity index (χ0) is 8.27. The fraction of sp³-hybridized carbons (Fsp3) is 0.167. The molecular formula is C6H8N4O. The zero-order valence-electron chi connectivity index (χ0n) is 6.03. The summed E-state index contributed by atoms with van der Waals surface area (Å²) in [5.74, 6) is 0.653. The van der Waals surface area contributed by atoms with Crippen LogP contribution in [-0.4, -0.2) is 16.0 Å². The van der Waals surface area contributed by atoms with E-state index in [0.29, 0.717) is 11.5 Å². The molecule has 5 nitrogen and oxygen atoms in total. The Morgan fingerprint density at radius 1 is 1.55 bits per heavy atom. The van der Waals surface area contributed by atoms with Crippen LogP contribution in [0.5, 0.6) is 0 Å². The van der Waals surface area contributed by atoms with Crippen molar-refractivity contribution in [1.29, 1.82) is 0 Å². The van der Waals surface area contributed by atoms with E-state index < -0.39 is 6.03 Å². The van der Waals surface area contributed by atoms with Gasteiger partial charge in [0.05, 0.1) is 18.1 Å². The monoisotopic (exact) mass is 152 g/mol. The lowest BCUT2D eigenvalue weighted by atomic mass is 10.5. The third-order valence-electron chi connectivity index (χ3n) is 1.05. The summed E-state index contributed by atoms with van der Waals surface area (Å²) in [5, 5.41) is 2.35. The molecule has 11 heavy (non-hydrogen) atoms. The first-order valence-electron chi connectivity index (χ1n) is 3.03. The van der Waals surface area contributed by atoms with Gasteiger partial charge in [-0.3, -0.25) is 0 Å². The van der Waals surface area contributed by atoms with Gasteiger partial charge >= 0.3 is 6.03 Å². The summed E-state index contributed by atoms with van der Waals surface area (Å²) in [4.78, 5) is 18.0. The van der Waals surface area contributed by atoms with Crippen molar-refractivity contribution >= 4 is 11.7 Å². The number of carbonyl (C=O) groups is 1. The van der Waals surface area contributed by atoms with Crippen LogP contribution in [-0.2, 0) is 0 Å². The van der Waals surface area contributed by atoms with Crippen LogP contribution in [0, 0.1) is 6.92 Å². The molecule has 0 aliphatic rings. The van der Waals surface area contributed by atoms with Crippen LogP contribution in [0.25, 0.3) is 0 Å². The quantitative estimate of drug-likeness (QED) is 0.606. The van der Waals surface area contributed by atoms with Gasteiger partial charge in [-0.1, -0.05) is 0 Å². The number of nitrogens with two attached hydrogens (primary N) is 1. The minimum atomic E-state index is -0.613. The van der Waals surface area contributed by atoms with Gasteiger partial charge in [0.2, 0.25) is 0 Å². The number of urea groups is 1. The van der Waals surface area contributed by atoms with Crippen molar-refractivity contribution in [2.24, 2.45) is 5.73 Å². The Morgan fingerprint density at radius 2 is 2.09 bits per heavy atom. The number of anilines is 1. The second-order valence-electron chi connectivity index (χ2n) is 2.01. The predicted molar refractivity (Wildman–Crippen MR) is 40.0 cm³/mol. The van der Waals surface area contributed by atoms with Crippen LogP contribution >= 0.6 is 0 Å². The molecule has 0 unspecified atom stereocenters. The summed E-state index contributed by atoms with van der Waals surface area (Å²) < 4.78 is 0. The van der Waals surface area contributed by atoms with Gasteiger partial charge in [-0.05, 0) is 6.92 Å². The molecule has 1 heterocycles. The lowest BCUT2D eigenvalue weighted by molar-refractivity contribution is 0.259. The van der Waals surface area contributed by atoms with Crippen LogP contribution in [0.3, 0.4) is 0 Å². The second-order valence-corrected chi connectivity index (χ2v) is 2.01. The number of hydrogen-bond acceptors (Lipinski definition) is 3. The predicted octanol–water partition coefficient (Wildman–Crippen LogP) is 0.276. The first kappa shape index (κ1) is 7.46. The molecule has 0 aliphatic heterocycles. The van der Waals surface area contributed by atoms with Crippen LogP contribution in [0.1, 0.15) is 5.82 Å². The van der Waals surface area contributed by atoms with E-state index in [-0.39, 0.29) is 0 Å². The topological polar surface area (TPSA) is 80.9 Å². The van der Waals surface area contributed by atoms with Crippen LogP contribution < -0.4 is 11.1 Å². The maximum atomic E-state index is 10.3. The maximum absolute atomic E-state index is 10.3. The Morgan fingerprint density at radius 3 is 2.55 bits per heavy atom. The van der Waals surface area contributed by atoms with E-state index in [4.69, 9.17) is 5.73 Å². The third kappa shape index (κ3) is 2.21. The summed E-state index contributed by atoms with van der Waals surface area (Å²) in [6, 6.07) is -0.613. The first-order valence-corrected chi connectivity index (χ1v) is 3.03. The van der Waals surface area contributed by atoms with Gasteiger partial charge in [0.25, 0.3) is 0 Å². The molecule has 0 aliphatic carbocycles. The van der Waals surface area contributed by atoms with Crippen LogP contribution in [0.15, 0.2) is 12.4 Å². The number of rotatable bonds is 1. The van der Waals surface area contributed by atoms with E-state index in [9.17, 15) is 4.79 Å². The average molecular weight is 152 g/mol. The number of carbonyl (C=O) groups excluding carboxylic acids is 1.